The van der Waals surface area contributed by atoms with E-state index in [0.29, 0.717) is 0 Å². The second-order valence-corrected chi connectivity index (χ2v) is 3.72. The SMILES string of the molecule is C=C1CCC2=C(CCCC2)C1=O. The maximum Gasteiger partial charge on any atom is 0.184 e. The van der Waals surface area contributed by atoms with Crippen molar-refractivity contribution in [2.75, 3.05) is 0 Å². The summed E-state index contributed by atoms with van der Waals surface area (Å²) in [4.78, 5) is 11.6. The number of Topliss-reactive ketones (excluding diaryl/α,β-unsaturated/α-hetero) is 1. The Bertz CT molecular complexity index is 271. The predicted octanol–water partition coefficient (Wildman–Crippen LogP) is 2.78. The van der Waals surface area contributed by atoms with E-state index in [4.69, 9.17) is 0 Å². The van der Waals surface area contributed by atoms with Crippen molar-refractivity contribution in [2.45, 2.75) is 38.5 Å². The largest absolute Gasteiger partial charge is 0.289 e. The lowest BCUT2D eigenvalue weighted by Crippen LogP contribution is -2.16. The highest BCUT2D eigenvalue weighted by Crippen LogP contribution is 2.34. The predicted molar refractivity (Wildman–Crippen MR) is 48.9 cm³/mol. The zero-order valence-electron chi connectivity index (χ0n) is 7.36. The van der Waals surface area contributed by atoms with E-state index < -0.39 is 0 Å². The van der Waals surface area contributed by atoms with Crippen molar-refractivity contribution in [1.29, 1.82) is 0 Å². The summed E-state index contributed by atoms with van der Waals surface area (Å²) in [6, 6.07) is 0. The average Bonchev–Trinajstić information content (AvgIpc) is 2.12. The summed E-state index contributed by atoms with van der Waals surface area (Å²) in [5.41, 5.74) is 3.37. The quantitative estimate of drug-likeness (QED) is 0.500. The molecule has 0 unspecified atom stereocenters. The second kappa shape index (κ2) is 2.89. The Labute approximate surface area is 73.2 Å². The lowest BCUT2D eigenvalue weighted by atomic mass is 9.80. The molecule has 0 saturated heterocycles. The van der Waals surface area contributed by atoms with Crippen LogP contribution in [0.15, 0.2) is 23.3 Å². The Morgan fingerprint density at radius 1 is 1.00 bits per heavy atom. The molecule has 0 aromatic heterocycles. The van der Waals surface area contributed by atoms with E-state index in [-0.39, 0.29) is 5.78 Å². The van der Waals surface area contributed by atoms with Gasteiger partial charge in [-0.1, -0.05) is 12.2 Å². The van der Waals surface area contributed by atoms with E-state index in [2.05, 4.69) is 6.58 Å². The van der Waals surface area contributed by atoms with Gasteiger partial charge < -0.3 is 0 Å². The molecule has 0 aliphatic heterocycles. The molecule has 0 N–H and O–H groups in total. The lowest BCUT2D eigenvalue weighted by molar-refractivity contribution is -0.112. The molecule has 1 nitrogen and oxygen atoms in total. The van der Waals surface area contributed by atoms with Gasteiger partial charge in [-0.3, -0.25) is 4.79 Å². The number of rotatable bonds is 0. The van der Waals surface area contributed by atoms with Crippen LogP contribution >= 0.6 is 0 Å². The third-order valence-electron chi connectivity index (χ3n) is 2.91. The van der Waals surface area contributed by atoms with Crippen molar-refractivity contribution >= 4 is 5.78 Å². The second-order valence-electron chi connectivity index (χ2n) is 3.72. The Morgan fingerprint density at radius 3 is 2.58 bits per heavy atom. The van der Waals surface area contributed by atoms with E-state index in [9.17, 15) is 4.79 Å². The van der Waals surface area contributed by atoms with Gasteiger partial charge in [0.05, 0.1) is 0 Å². The van der Waals surface area contributed by atoms with E-state index in [0.717, 1.165) is 36.8 Å². The van der Waals surface area contributed by atoms with Crippen LogP contribution in [0.1, 0.15) is 38.5 Å². The van der Waals surface area contributed by atoms with Crippen molar-refractivity contribution in [2.24, 2.45) is 0 Å². The topological polar surface area (TPSA) is 17.1 Å². The van der Waals surface area contributed by atoms with Crippen molar-refractivity contribution in [3.8, 4) is 0 Å². The zero-order chi connectivity index (χ0) is 8.55. The molecule has 1 heteroatoms. The van der Waals surface area contributed by atoms with Gasteiger partial charge in [-0.15, -0.1) is 0 Å². The molecule has 0 amide bonds. The molecule has 2 aliphatic carbocycles. The molecular formula is C11H14O. The van der Waals surface area contributed by atoms with Crippen molar-refractivity contribution in [1.82, 2.24) is 0 Å². The number of carbonyl (C=O) groups excluding carboxylic acids is 1. The normalized spacial score (nSPS) is 24.3. The maximum atomic E-state index is 11.6. The highest BCUT2D eigenvalue weighted by molar-refractivity contribution is 6.09. The Hall–Kier alpha value is -0.850. The summed E-state index contributed by atoms with van der Waals surface area (Å²) in [5.74, 6) is 0.260. The fourth-order valence-corrected chi connectivity index (χ4v) is 2.15. The molecule has 0 aromatic carbocycles. The van der Waals surface area contributed by atoms with Gasteiger partial charge in [0.2, 0.25) is 0 Å². The minimum Gasteiger partial charge on any atom is -0.289 e. The van der Waals surface area contributed by atoms with E-state index in [1.165, 1.54) is 18.4 Å². The minimum absolute atomic E-state index is 0.260. The van der Waals surface area contributed by atoms with Crippen LogP contribution in [-0.4, -0.2) is 5.78 Å². The van der Waals surface area contributed by atoms with Gasteiger partial charge in [-0.05, 0) is 49.7 Å². The summed E-state index contributed by atoms with van der Waals surface area (Å²) < 4.78 is 0. The van der Waals surface area contributed by atoms with E-state index in [1.54, 1.807) is 0 Å². The molecular weight excluding hydrogens is 148 g/mol. The van der Waals surface area contributed by atoms with Gasteiger partial charge in [0.25, 0.3) is 0 Å². The molecule has 0 fully saturated rings. The molecule has 64 valence electrons. The molecule has 0 bridgehead atoms. The first-order valence-corrected chi connectivity index (χ1v) is 4.72. The van der Waals surface area contributed by atoms with Gasteiger partial charge in [-0.25, -0.2) is 0 Å². The lowest BCUT2D eigenvalue weighted by Gasteiger charge is -2.24. The van der Waals surface area contributed by atoms with Crippen LogP contribution in [0.25, 0.3) is 0 Å². The Balaban J connectivity index is 2.34. The summed E-state index contributed by atoms with van der Waals surface area (Å²) in [7, 11) is 0. The maximum absolute atomic E-state index is 11.6. The molecule has 0 saturated carbocycles. The monoisotopic (exact) mass is 162 g/mol. The number of ketones is 1. The fourth-order valence-electron chi connectivity index (χ4n) is 2.15. The Morgan fingerprint density at radius 2 is 1.75 bits per heavy atom. The first-order valence-electron chi connectivity index (χ1n) is 4.72. The fraction of sp³-hybridized carbons (Fsp3) is 0.545. The molecule has 2 aliphatic rings. The van der Waals surface area contributed by atoms with Gasteiger partial charge in [-0.2, -0.15) is 0 Å². The van der Waals surface area contributed by atoms with Gasteiger partial charge >= 0.3 is 0 Å². The van der Waals surface area contributed by atoms with Crippen LogP contribution in [0.2, 0.25) is 0 Å². The zero-order valence-corrected chi connectivity index (χ0v) is 7.36. The van der Waals surface area contributed by atoms with Crippen LogP contribution in [0.3, 0.4) is 0 Å². The van der Waals surface area contributed by atoms with Crippen LogP contribution in [0.4, 0.5) is 0 Å². The number of allylic oxidation sites excluding steroid dienone is 3. The number of hydrogen-bond acceptors (Lipinski definition) is 1. The van der Waals surface area contributed by atoms with Gasteiger partial charge in [0.1, 0.15) is 0 Å². The smallest absolute Gasteiger partial charge is 0.184 e. The summed E-state index contributed by atoms with van der Waals surface area (Å²) >= 11 is 0. The Kier molecular flexibility index (Phi) is 1.87. The number of carbonyl (C=O) groups is 1. The van der Waals surface area contributed by atoms with Crippen LogP contribution in [0, 0.1) is 0 Å². The summed E-state index contributed by atoms with van der Waals surface area (Å²) in [5, 5.41) is 0. The van der Waals surface area contributed by atoms with Gasteiger partial charge in [0.15, 0.2) is 5.78 Å². The highest BCUT2D eigenvalue weighted by Gasteiger charge is 2.24. The molecule has 0 heterocycles. The summed E-state index contributed by atoms with van der Waals surface area (Å²) in [6.07, 6.45) is 6.63. The highest BCUT2D eigenvalue weighted by atomic mass is 16.1. The van der Waals surface area contributed by atoms with E-state index in [1.807, 2.05) is 0 Å². The van der Waals surface area contributed by atoms with Crippen molar-refractivity contribution < 1.29 is 4.79 Å². The molecule has 0 atom stereocenters. The summed E-state index contributed by atoms with van der Waals surface area (Å²) in [6.45, 7) is 3.80. The van der Waals surface area contributed by atoms with E-state index >= 15 is 0 Å². The van der Waals surface area contributed by atoms with Crippen LogP contribution < -0.4 is 0 Å². The molecule has 2 rings (SSSR count). The standard InChI is InChI=1S/C11H14O/c1-8-6-7-9-4-2-3-5-10(9)11(8)12/h1-7H2. The first kappa shape index (κ1) is 7.78. The van der Waals surface area contributed by atoms with Crippen molar-refractivity contribution in [3.63, 3.8) is 0 Å². The van der Waals surface area contributed by atoms with Crippen LogP contribution in [0.5, 0.6) is 0 Å². The average molecular weight is 162 g/mol. The third kappa shape index (κ3) is 1.13. The minimum atomic E-state index is 0.260. The van der Waals surface area contributed by atoms with Gasteiger partial charge in [0, 0.05) is 0 Å². The molecule has 0 aromatic rings. The van der Waals surface area contributed by atoms with Crippen molar-refractivity contribution in [3.05, 3.63) is 23.3 Å². The molecule has 0 spiro atoms. The first-order chi connectivity index (χ1) is 5.79. The molecule has 12 heavy (non-hydrogen) atoms. The third-order valence-corrected chi connectivity index (χ3v) is 2.91. The van der Waals surface area contributed by atoms with Crippen LogP contribution in [-0.2, 0) is 4.79 Å². The molecule has 0 radical (unpaired) electrons. The number of hydrogen-bond donors (Lipinski definition) is 0.